The molecule has 0 amide bonds. The van der Waals surface area contributed by atoms with Gasteiger partial charge in [0.05, 0.1) is 5.75 Å². The van der Waals surface area contributed by atoms with E-state index in [-0.39, 0.29) is 0 Å². The molecule has 1 aliphatic heterocycles. The Kier molecular flexibility index (Phi) is 6.77. The molecule has 2 atom stereocenters. The molecule has 1 N–H and O–H groups in total. The van der Waals surface area contributed by atoms with Crippen molar-refractivity contribution < 1.29 is 8.42 Å². The minimum Gasteiger partial charge on any atom is -0.315 e. The zero-order valence-corrected chi connectivity index (χ0v) is 13.7. The number of piperidine rings is 1. The van der Waals surface area contributed by atoms with E-state index in [9.17, 15) is 8.42 Å². The number of unbranched alkanes of at least 4 members (excludes halogenated alkanes) is 1. The van der Waals surface area contributed by atoms with Crippen molar-refractivity contribution in [2.45, 2.75) is 53.0 Å². The molecule has 0 radical (unpaired) electrons. The van der Waals surface area contributed by atoms with Crippen LogP contribution in [0.2, 0.25) is 0 Å². The summed E-state index contributed by atoms with van der Waals surface area (Å²) in [5.41, 5.74) is 0. The fraction of sp³-hybridized carbons (Fsp3) is 1.00. The Morgan fingerprint density at radius 2 is 1.89 bits per heavy atom. The van der Waals surface area contributed by atoms with E-state index >= 15 is 0 Å². The fourth-order valence-electron chi connectivity index (χ4n) is 2.41. The van der Waals surface area contributed by atoms with Crippen LogP contribution < -0.4 is 5.32 Å². The van der Waals surface area contributed by atoms with Crippen molar-refractivity contribution in [3.05, 3.63) is 0 Å². The van der Waals surface area contributed by atoms with Crippen LogP contribution in [0.3, 0.4) is 0 Å². The van der Waals surface area contributed by atoms with Crippen molar-refractivity contribution in [3.63, 3.8) is 0 Å². The average Bonchev–Trinajstić information content (AvgIpc) is 2.31. The molecule has 114 valence electrons. The highest BCUT2D eigenvalue weighted by atomic mass is 32.2. The molecule has 1 saturated heterocycles. The summed E-state index contributed by atoms with van der Waals surface area (Å²) in [6.45, 7) is 10.9. The molecule has 19 heavy (non-hydrogen) atoms. The summed E-state index contributed by atoms with van der Waals surface area (Å²) in [5, 5.41) is 3.32. The van der Waals surface area contributed by atoms with Crippen LogP contribution >= 0.6 is 0 Å². The second-order valence-electron chi connectivity index (χ2n) is 6.23. The maximum atomic E-state index is 12.2. The third-order valence-corrected chi connectivity index (χ3v) is 5.99. The maximum absolute atomic E-state index is 12.2. The van der Waals surface area contributed by atoms with E-state index in [1.807, 2.05) is 0 Å². The lowest BCUT2D eigenvalue weighted by atomic mass is 9.90. The van der Waals surface area contributed by atoms with Gasteiger partial charge in [-0.05, 0) is 37.6 Å². The molecule has 0 saturated carbocycles. The molecular formula is C14H30N2O2S. The predicted molar refractivity (Wildman–Crippen MR) is 80.7 cm³/mol. The van der Waals surface area contributed by atoms with Crippen molar-refractivity contribution in [2.24, 2.45) is 11.8 Å². The molecule has 1 aliphatic rings. The van der Waals surface area contributed by atoms with Gasteiger partial charge in [0.1, 0.15) is 0 Å². The van der Waals surface area contributed by atoms with E-state index in [1.54, 1.807) is 4.31 Å². The summed E-state index contributed by atoms with van der Waals surface area (Å²) in [7, 11) is -3.03. The quantitative estimate of drug-likeness (QED) is 0.730. The van der Waals surface area contributed by atoms with Crippen LogP contribution in [0.15, 0.2) is 0 Å². The Morgan fingerprint density at radius 3 is 2.47 bits per heavy atom. The molecular weight excluding hydrogens is 260 g/mol. The van der Waals surface area contributed by atoms with E-state index < -0.39 is 10.0 Å². The van der Waals surface area contributed by atoms with Gasteiger partial charge in [-0.25, -0.2) is 12.7 Å². The number of hydrogen-bond acceptors (Lipinski definition) is 3. The highest BCUT2D eigenvalue weighted by Gasteiger charge is 2.29. The topological polar surface area (TPSA) is 49.4 Å². The molecule has 5 heteroatoms. The molecule has 0 aromatic carbocycles. The normalized spacial score (nSPS) is 25.9. The summed E-state index contributed by atoms with van der Waals surface area (Å²) < 4.78 is 26.2. The summed E-state index contributed by atoms with van der Waals surface area (Å²) in [5.74, 6) is 1.42. The third kappa shape index (κ3) is 5.79. The minimum absolute atomic E-state index is 0.299. The van der Waals surface area contributed by atoms with Crippen LogP contribution in [0.4, 0.5) is 0 Å². The maximum Gasteiger partial charge on any atom is 0.214 e. The Labute approximate surface area is 119 Å². The van der Waals surface area contributed by atoms with Gasteiger partial charge in [-0.15, -0.1) is 0 Å². The summed E-state index contributed by atoms with van der Waals surface area (Å²) in [4.78, 5) is 0. The van der Waals surface area contributed by atoms with Gasteiger partial charge in [0.25, 0.3) is 0 Å². The molecule has 0 aromatic rings. The number of nitrogens with one attached hydrogen (secondary N) is 1. The van der Waals surface area contributed by atoms with Gasteiger partial charge in [0.2, 0.25) is 10.0 Å². The van der Waals surface area contributed by atoms with Gasteiger partial charge in [-0.1, -0.05) is 27.7 Å². The van der Waals surface area contributed by atoms with Gasteiger partial charge in [-0.2, -0.15) is 0 Å². The van der Waals surface area contributed by atoms with Gasteiger partial charge < -0.3 is 5.32 Å². The molecule has 1 rings (SSSR count). The van der Waals surface area contributed by atoms with Crippen LogP contribution in [0.5, 0.6) is 0 Å². The van der Waals surface area contributed by atoms with E-state index in [1.165, 1.54) is 0 Å². The lowest BCUT2D eigenvalue weighted by molar-refractivity contribution is 0.212. The Balaban J connectivity index is 2.31. The second kappa shape index (κ2) is 7.60. The zero-order chi connectivity index (χ0) is 14.5. The van der Waals surface area contributed by atoms with E-state index in [4.69, 9.17) is 0 Å². The smallest absolute Gasteiger partial charge is 0.214 e. The second-order valence-corrected chi connectivity index (χ2v) is 8.32. The van der Waals surface area contributed by atoms with E-state index in [0.717, 1.165) is 25.8 Å². The van der Waals surface area contributed by atoms with Crippen molar-refractivity contribution in [1.82, 2.24) is 9.62 Å². The summed E-state index contributed by atoms with van der Waals surface area (Å²) in [6.07, 6.45) is 2.68. The fourth-order valence-corrected chi connectivity index (χ4v) is 4.08. The number of hydrogen-bond donors (Lipinski definition) is 1. The number of rotatable bonds is 7. The van der Waals surface area contributed by atoms with Crippen molar-refractivity contribution in [2.75, 3.05) is 25.4 Å². The largest absolute Gasteiger partial charge is 0.315 e. The molecule has 4 nitrogen and oxygen atoms in total. The number of nitrogens with zero attached hydrogens (tertiary/aromatic N) is 1. The SMILES string of the molecule is CC(C)NCCCCS(=O)(=O)N1CCC(C)C(C)C1. The highest BCUT2D eigenvalue weighted by Crippen LogP contribution is 2.24. The van der Waals surface area contributed by atoms with Crippen LogP contribution in [-0.2, 0) is 10.0 Å². The standard InChI is InChI=1S/C14H30N2O2S/c1-12(2)15-8-5-6-10-19(17,18)16-9-7-13(3)14(4)11-16/h12-15H,5-11H2,1-4H3. The molecule has 1 fully saturated rings. The predicted octanol–water partition coefficient (Wildman–Crippen LogP) is 2.07. The Morgan fingerprint density at radius 1 is 1.21 bits per heavy atom. The van der Waals surface area contributed by atoms with Crippen molar-refractivity contribution >= 4 is 10.0 Å². The molecule has 0 spiro atoms. The number of sulfonamides is 1. The third-order valence-electron chi connectivity index (χ3n) is 4.07. The lowest BCUT2D eigenvalue weighted by Gasteiger charge is -2.34. The minimum atomic E-state index is -3.03. The average molecular weight is 290 g/mol. The van der Waals surface area contributed by atoms with Gasteiger partial charge in [-0.3, -0.25) is 0 Å². The molecule has 0 bridgehead atoms. The first-order chi connectivity index (χ1) is 8.83. The monoisotopic (exact) mass is 290 g/mol. The van der Waals surface area contributed by atoms with Gasteiger partial charge >= 0.3 is 0 Å². The summed E-state index contributed by atoms with van der Waals surface area (Å²) in [6, 6.07) is 0.473. The Bertz CT molecular complexity index is 354. The Hall–Kier alpha value is -0.130. The van der Waals surface area contributed by atoms with Crippen molar-refractivity contribution in [3.8, 4) is 0 Å². The zero-order valence-electron chi connectivity index (χ0n) is 12.9. The van der Waals surface area contributed by atoms with Crippen LogP contribution in [0.1, 0.15) is 47.0 Å². The molecule has 0 aliphatic carbocycles. The lowest BCUT2D eigenvalue weighted by Crippen LogP contribution is -2.43. The molecule has 2 unspecified atom stereocenters. The van der Waals surface area contributed by atoms with Gasteiger partial charge in [0, 0.05) is 19.1 Å². The summed E-state index contributed by atoms with van der Waals surface area (Å²) >= 11 is 0. The van der Waals surface area contributed by atoms with Crippen molar-refractivity contribution in [1.29, 1.82) is 0 Å². The van der Waals surface area contributed by atoms with E-state index in [2.05, 4.69) is 33.0 Å². The molecule has 0 aromatic heterocycles. The molecule has 1 heterocycles. The van der Waals surface area contributed by atoms with Crippen LogP contribution in [-0.4, -0.2) is 44.2 Å². The first-order valence-corrected chi connectivity index (χ1v) is 9.15. The van der Waals surface area contributed by atoms with Gasteiger partial charge in [0.15, 0.2) is 0 Å². The van der Waals surface area contributed by atoms with Crippen LogP contribution in [0, 0.1) is 11.8 Å². The van der Waals surface area contributed by atoms with Crippen LogP contribution in [0.25, 0.3) is 0 Å². The first-order valence-electron chi connectivity index (χ1n) is 7.54. The van der Waals surface area contributed by atoms with E-state index in [0.29, 0.717) is 36.7 Å². The first kappa shape index (κ1) is 16.9. The highest BCUT2D eigenvalue weighted by molar-refractivity contribution is 7.89.